The lowest BCUT2D eigenvalue weighted by Gasteiger charge is -2.31. The van der Waals surface area contributed by atoms with E-state index in [1.165, 1.54) is 0 Å². The number of carbonyl (C=O) groups excluding carboxylic acids is 1. The Balaban J connectivity index is 2.44. The molecule has 1 aliphatic rings. The first-order chi connectivity index (χ1) is 6.80. The fourth-order valence-electron chi connectivity index (χ4n) is 1.69. The Labute approximate surface area is 92.1 Å². The van der Waals surface area contributed by atoms with Crippen molar-refractivity contribution in [2.45, 2.75) is 45.8 Å². The van der Waals surface area contributed by atoms with Crippen molar-refractivity contribution in [3.05, 3.63) is 12.2 Å². The molecule has 0 saturated carbocycles. The molecule has 0 radical (unpaired) electrons. The Morgan fingerprint density at radius 3 is 2.47 bits per heavy atom. The summed E-state index contributed by atoms with van der Waals surface area (Å²) in [5, 5.41) is 0. The number of hydrogen-bond acceptors (Lipinski definition) is 3. The molecule has 1 unspecified atom stereocenters. The third kappa shape index (κ3) is 3.34. The van der Waals surface area contributed by atoms with Crippen LogP contribution in [0.3, 0.4) is 0 Å². The molecule has 0 spiro atoms. The average Bonchev–Trinajstić information content (AvgIpc) is 2.51. The van der Waals surface area contributed by atoms with Crippen LogP contribution in [0.2, 0.25) is 0 Å². The molecule has 15 heavy (non-hydrogen) atoms. The predicted octanol–water partition coefficient (Wildman–Crippen LogP) is 1.98. The number of ether oxygens (including phenoxy) is 1. The van der Waals surface area contributed by atoms with Crippen LogP contribution in [0.4, 0.5) is 0 Å². The summed E-state index contributed by atoms with van der Waals surface area (Å²) < 4.78 is 5.32. The molecule has 86 valence electrons. The molecule has 3 heteroatoms. The maximum Gasteiger partial charge on any atom is 0.333 e. The largest absolute Gasteiger partial charge is 0.458 e. The van der Waals surface area contributed by atoms with Crippen LogP contribution in [-0.2, 0) is 9.53 Å². The van der Waals surface area contributed by atoms with E-state index in [1.54, 1.807) is 6.92 Å². The molecule has 0 aromatic carbocycles. The Morgan fingerprint density at radius 2 is 2.07 bits per heavy atom. The van der Waals surface area contributed by atoms with E-state index >= 15 is 0 Å². The van der Waals surface area contributed by atoms with E-state index in [0.29, 0.717) is 5.57 Å². The minimum absolute atomic E-state index is 0.0356. The minimum atomic E-state index is -0.268. The second kappa shape index (κ2) is 4.35. The maximum absolute atomic E-state index is 11.3. The quantitative estimate of drug-likeness (QED) is 0.516. The Bertz CT molecular complexity index is 265. The van der Waals surface area contributed by atoms with Gasteiger partial charge >= 0.3 is 5.97 Å². The standard InChI is InChI=1S/C12H21NO2/c1-9(2)11(14)15-10-6-7-13(8-10)12(3,4)5/h10H,1,6-8H2,2-5H3. The van der Waals surface area contributed by atoms with Gasteiger partial charge in [-0.15, -0.1) is 0 Å². The van der Waals surface area contributed by atoms with Crippen LogP contribution >= 0.6 is 0 Å². The van der Waals surface area contributed by atoms with Crippen molar-refractivity contribution >= 4 is 5.97 Å². The lowest BCUT2D eigenvalue weighted by atomic mass is 10.1. The van der Waals surface area contributed by atoms with Crippen molar-refractivity contribution in [3.63, 3.8) is 0 Å². The van der Waals surface area contributed by atoms with E-state index in [0.717, 1.165) is 19.5 Å². The van der Waals surface area contributed by atoms with E-state index in [9.17, 15) is 4.79 Å². The average molecular weight is 211 g/mol. The second-order valence-electron chi connectivity index (χ2n) is 5.21. The van der Waals surface area contributed by atoms with Gasteiger partial charge in [-0.05, 0) is 34.1 Å². The number of rotatable bonds is 2. The van der Waals surface area contributed by atoms with Crippen molar-refractivity contribution < 1.29 is 9.53 Å². The highest BCUT2D eigenvalue weighted by molar-refractivity contribution is 5.87. The van der Waals surface area contributed by atoms with E-state index < -0.39 is 0 Å². The molecule has 0 aliphatic carbocycles. The van der Waals surface area contributed by atoms with Gasteiger partial charge in [0.25, 0.3) is 0 Å². The number of esters is 1. The summed E-state index contributed by atoms with van der Waals surface area (Å²) in [5.74, 6) is -0.268. The molecular weight excluding hydrogens is 190 g/mol. The van der Waals surface area contributed by atoms with E-state index in [2.05, 4.69) is 32.3 Å². The van der Waals surface area contributed by atoms with Crippen LogP contribution in [0.25, 0.3) is 0 Å². The lowest BCUT2D eigenvalue weighted by Crippen LogP contribution is -2.40. The number of carbonyl (C=O) groups is 1. The van der Waals surface area contributed by atoms with Crippen molar-refractivity contribution in [1.29, 1.82) is 0 Å². The fraction of sp³-hybridized carbons (Fsp3) is 0.750. The molecular formula is C12H21NO2. The highest BCUT2D eigenvalue weighted by Crippen LogP contribution is 2.22. The first-order valence-corrected chi connectivity index (χ1v) is 5.42. The highest BCUT2D eigenvalue weighted by atomic mass is 16.5. The molecule has 1 aliphatic heterocycles. The molecule has 3 nitrogen and oxygen atoms in total. The number of nitrogens with zero attached hydrogens (tertiary/aromatic N) is 1. The van der Waals surface area contributed by atoms with Gasteiger partial charge in [0.05, 0.1) is 0 Å². The molecule has 1 heterocycles. The smallest absolute Gasteiger partial charge is 0.333 e. The summed E-state index contributed by atoms with van der Waals surface area (Å²) in [6, 6.07) is 0. The topological polar surface area (TPSA) is 29.5 Å². The normalized spacial score (nSPS) is 22.8. The van der Waals surface area contributed by atoms with Gasteiger partial charge in [-0.1, -0.05) is 6.58 Å². The zero-order valence-electron chi connectivity index (χ0n) is 10.2. The fourth-order valence-corrected chi connectivity index (χ4v) is 1.69. The van der Waals surface area contributed by atoms with Crippen molar-refractivity contribution in [2.75, 3.05) is 13.1 Å². The first-order valence-electron chi connectivity index (χ1n) is 5.42. The van der Waals surface area contributed by atoms with Gasteiger partial charge in [0, 0.05) is 24.2 Å². The van der Waals surface area contributed by atoms with Crippen molar-refractivity contribution in [2.24, 2.45) is 0 Å². The Morgan fingerprint density at radius 1 is 1.47 bits per heavy atom. The molecule has 0 aromatic rings. The van der Waals surface area contributed by atoms with Gasteiger partial charge in [-0.3, -0.25) is 4.90 Å². The molecule has 0 bridgehead atoms. The molecule has 1 saturated heterocycles. The van der Waals surface area contributed by atoms with Crippen molar-refractivity contribution in [3.8, 4) is 0 Å². The zero-order chi connectivity index (χ0) is 11.6. The van der Waals surface area contributed by atoms with Gasteiger partial charge in [-0.2, -0.15) is 0 Å². The van der Waals surface area contributed by atoms with Gasteiger partial charge in [0.15, 0.2) is 0 Å². The first kappa shape index (κ1) is 12.2. The molecule has 1 fully saturated rings. The Kier molecular flexibility index (Phi) is 3.55. The summed E-state index contributed by atoms with van der Waals surface area (Å²) in [7, 11) is 0. The third-order valence-electron chi connectivity index (χ3n) is 2.72. The SMILES string of the molecule is C=C(C)C(=O)OC1CCN(C(C)(C)C)C1. The van der Waals surface area contributed by atoms with Crippen LogP contribution < -0.4 is 0 Å². The Hall–Kier alpha value is -0.830. The lowest BCUT2D eigenvalue weighted by molar-refractivity contribution is -0.143. The molecule has 1 atom stereocenters. The summed E-state index contributed by atoms with van der Waals surface area (Å²) in [5.41, 5.74) is 0.633. The van der Waals surface area contributed by atoms with E-state index in [-0.39, 0.29) is 17.6 Å². The monoisotopic (exact) mass is 211 g/mol. The maximum atomic E-state index is 11.3. The summed E-state index contributed by atoms with van der Waals surface area (Å²) in [6.07, 6.45) is 0.962. The van der Waals surface area contributed by atoms with Crippen LogP contribution in [0.1, 0.15) is 34.1 Å². The van der Waals surface area contributed by atoms with Gasteiger partial charge in [0.1, 0.15) is 6.10 Å². The van der Waals surface area contributed by atoms with Crippen LogP contribution in [0.15, 0.2) is 12.2 Å². The minimum Gasteiger partial charge on any atom is -0.458 e. The summed E-state index contributed by atoms with van der Waals surface area (Å²) in [6.45, 7) is 13.6. The summed E-state index contributed by atoms with van der Waals surface area (Å²) >= 11 is 0. The molecule has 0 N–H and O–H groups in total. The van der Waals surface area contributed by atoms with E-state index in [1.807, 2.05) is 0 Å². The van der Waals surface area contributed by atoms with Gasteiger partial charge in [-0.25, -0.2) is 4.79 Å². The van der Waals surface area contributed by atoms with Gasteiger partial charge < -0.3 is 4.74 Å². The molecule has 1 rings (SSSR count). The molecule has 0 aromatic heterocycles. The van der Waals surface area contributed by atoms with Crippen LogP contribution in [0.5, 0.6) is 0 Å². The third-order valence-corrected chi connectivity index (χ3v) is 2.72. The number of hydrogen-bond donors (Lipinski definition) is 0. The summed E-state index contributed by atoms with van der Waals surface area (Å²) in [4.78, 5) is 13.7. The van der Waals surface area contributed by atoms with Crippen LogP contribution in [0, 0.1) is 0 Å². The number of likely N-dealkylation sites (tertiary alicyclic amines) is 1. The van der Waals surface area contributed by atoms with Gasteiger partial charge in [0.2, 0.25) is 0 Å². The highest BCUT2D eigenvalue weighted by Gasteiger charge is 2.32. The second-order valence-corrected chi connectivity index (χ2v) is 5.21. The molecule has 0 amide bonds. The predicted molar refractivity (Wildman–Crippen MR) is 60.6 cm³/mol. The zero-order valence-corrected chi connectivity index (χ0v) is 10.2. The van der Waals surface area contributed by atoms with Crippen LogP contribution in [-0.4, -0.2) is 35.6 Å². The van der Waals surface area contributed by atoms with E-state index in [4.69, 9.17) is 4.74 Å². The van der Waals surface area contributed by atoms with Crippen molar-refractivity contribution in [1.82, 2.24) is 4.90 Å².